The monoisotopic (exact) mass is 304 g/mol. The lowest BCUT2D eigenvalue weighted by molar-refractivity contribution is 0.0745. The van der Waals surface area contributed by atoms with Gasteiger partial charge < -0.3 is 10.6 Å². The fourth-order valence-electron chi connectivity index (χ4n) is 1.60. The third kappa shape index (κ3) is 4.93. The molecule has 0 saturated carbocycles. The summed E-state index contributed by atoms with van der Waals surface area (Å²) in [5, 5.41) is 1.72. The molecule has 0 aliphatic rings. The Hall–Kier alpha value is -0.910. The summed E-state index contributed by atoms with van der Waals surface area (Å²) < 4.78 is 0. The molecule has 0 unspecified atom stereocenters. The molecule has 0 fully saturated rings. The van der Waals surface area contributed by atoms with E-state index in [1.165, 1.54) is 18.3 Å². The molecule has 0 aromatic carbocycles. The molecular formula is C13H21ClN2O2S. The zero-order valence-electron chi connectivity index (χ0n) is 11.7. The average Bonchev–Trinajstić information content (AvgIpc) is 2.76. The minimum absolute atomic E-state index is 0. The van der Waals surface area contributed by atoms with E-state index in [2.05, 4.69) is 0 Å². The minimum atomic E-state index is -0.106. The third-order valence-electron chi connectivity index (χ3n) is 2.78. The molecule has 108 valence electrons. The second-order valence-electron chi connectivity index (χ2n) is 5.29. The Kier molecular flexibility index (Phi) is 6.69. The lowest BCUT2D eigenvalue weighted by Gasteiger charge is -2.28. The highest BCUT2D eigenvalue weighted by Crippen LogP contribution is 2.20. The summed E-state index contributed by atoms with van der Waals surface area (Å²) in [6.45, 7) is 6.65. The molecule has 0 atom stereocenters. The van der Waals surface area contributed by atoms with Gasteiger partial charge in [0.2, 0.25) is 0 Å². The number of nitrogens with zero attached hydrogens (tertiary/aromatic N) is 1. The van der Waals surface area contributed by atoms with Gasteiger partial charge in [0.05, 0.1) is 4.88 Å². The molecule has 1 amide bonds. The molecule has 19 heavy (non-hydrogen) atoms. The van der Waals surface area contributed by atoms with Crippen LogP contribution in [0.3, 0.4) is 0 Å². The molecular weight excluding hydrogens is 284 g/mol. The number of thiophene rings is 1. The number of amides is 1. The van der Waals surface area contributed by atoms with Crippen LogP contribution in [0.15, 0.2) is 11.4 Å². The van der Waals surface area contributed by atoms with Crippen LogP contribution < -0.4 is 5.73 Å². The normalized spacial score (nSPS) is 10.8. The van der Waals surface area contributed by atoms with E-state index in [9.17, 15) is 9.59 Å². The SMILES string of the molecule is CC(=O)c1csc(C(=O)N(C)CC(C)(C)CN)c1.Cl. The molecule has 1 rings (SSSR count). The van der Waals surface area contributed by atoms with Gasteiger partial charge in [-0.1, -0.05) is 13.8 Å². The van der Waals surface area contributed by atoms with Crippen molar-refractivity contribution >= 4 is 35.4 Å². The molecule has 2 N–H and O–H groups in total. The van der Waals surface area contributed by atoms with Gasteiger partial charge in [-0.05, 0) is 24.9 Å². The number of carbonyl (C=O) groups excluding carboxylic acids is 2. The van der Waals surface area contributed by atoms with Gasteiger partial charge in [-0.3, -0.25) is 9.59 Å². The molecule has 0 saturated heterocycles. The summed E-state index contributed by atoms with van der Waals surface area (Å²) in [4.78, 5) is 25.6. The Morgan fingerprint density at radius 2 is 2.00 bits per heavy atom. The van der Waals surface area contributed by atoms with Crippen LogP contribution >= 0.6 is 23.7 Å². The van der Waals surface area contributed by atoms with Crippen molar-refractivity contribution < 1.29 is 9.59 Å². The Labute approximate surface area is 124 Å². The van der Waals surface area contributed by atoms with Crippen LogP contribution in [0.25, 0.3) is 0 Å². The fraction of sp³-hybridized carbons (Fsp3) is 0.538. The highest BCUT2D eigenvalue weighted by atomic mass is 35.5. The lowest BCUT2D eigenvalue weighted by atomic mass is 9.93. The quantitative estimate of drug-likeness (QED) is 0.850. The summed E-state index contributed by atoms with van der Waals surface area (Å²) in [6.07, 6.45) is 0. The molecule has 1 heterocycles. The van der Waals surface area contributed by atoms with Crippen LogP contribution in [0.1, 0.15) is 40.8 Å². The van der Waals surface area contributed by atoms with Crippen LogP contribution in [0, 0.1) is 5.41 Å². The first-order valence-electron chi connectivity index (χ1n) is 5.82. The Morgan fingerprint density at radius 1 is 1.42 bits per heavy atom. The van der Waals surface area contributed by atoms with Crippen molar-refractivity contribution in [1.82, 2.24) is 4.90 Å². The van der Waals surface area contributed by atoms with Gasteiger partial charge in [0, 0.05) is 24.5 Å². The standard InChI is InChI=1S/C13H20N2O2S.ClH/c1-9(16)10-5-11(18-6-10)12(17)15(4)8-13(2,3)7-14;/h5-6H,7-8,14H2,1-4H3;1H. The van der Waals surface area contributed by atoms with Gasteiger partial charge in [-0.15, -0.1) is 23.7 Å². The molecule has 0 aliphatic heterocycles. The maximum atomic E-state index is 12.2. The highest BCUT2D eigenvalue weighted by Gasteiger charge is 2.23. The molecule has 0 aliphatic carbocycles. The number of nitrogens with two attached hydrogens (primary N) is 1. The van der Waals surface area contributed by atoms with Crippen molar-refractivity contribution in [3.63, 3.8) is 0 Å². The van der Waals surface area contributed by atoms with Crippen LogP contribution in [-0.4, -0.2) is 36.7 Å². The molecule has 1 aromatic heterocycles. The van der Waals surface area contributed by atoms with E-state index in [-0.39, 0.29) is 29.5 Å². The van der Waals surface area contributed by atoms with E-state index >= 15 is 0 Å². The van der Waals surface area contributed by atoms with Gasteiger partial charge in [-0.2, -0.15) is 0 Å². The fourth-order valence-corrected chi connectivity index (χ4v) is 2.54. The third-order valence-corrected chi connectivity index (χ3v) is 3.70. The molecule has 0 radical (unpaired) electrons. The van der Waals surface area contributed by atoms with E-state index in [0.717, 1.165) is 0 Å². The number of halogens is 1. The molecule has 6 heteroatoms. The molecule has 0 spiro atoms. The van der Waals surface area contributed by atoms with Crippen molar-refractivity contribution in [3.8, 4) is 0 Å². The zero-order valence-corrected chi connectivity index (χ0v) is 13.4. The highest BCUT2D eigenvalue weighted by molar-refractivity contribution is 7.12. The van der Waals surface area contributed by atoms with Crippen molar-refractivity contribution in [2.75, 3.05) is 20.1 Å². The minimum Gasteiger partial charge on any atom is -0.340 e. The number of hydrogen-bond acceptors (Lipinski definition) is 4. The van der Waals surface area contributed by atoms with Crippen LogP contribution in [0.4, 0.5) is 0 Å². The lowest BCUT2D eigenvalue weighted by Crippen LogP contribution is -2.39. The van der Waals surface area contributed by atoms with E-state index in [0.29, 0.717) is 23.5 Å². The number of rotatable bonds is 5. The zero-order chi connectivity index (χ0) is 13.9. The van der Waals surface area contributed by atoms with Crippen molar-refractivity contribution in [3.05, 3.63) is 21.9 Å². The molecule has 0 bridgehead atoms. The maximum Gasteiger partial charge on any atom is 0.263 e. The first-order chi connectivity index (χ1) is 8.26. The second-order valence-corrected chi connectivity index (χ2v) is 6.20. The number of hydrogen-bond donors (Lipinski definition) is 1. The van der Waals surface area contributed by atoms with E-state index in [1.807, 2.05) is 13.8 Å². The van der Waals surface area contributed by atoms with Gasteiger partial charge in [0.25, 0.3) is 5.91 Å². The smallest absolute Gasteiger partial charge is 0.263 e. The number of Topliss-reactive ketones (excluding diaryl/α,β-unsaturated/α-hetero) is 1. The van der Waals surface area contributed by atoms with E-state index in [4.69, 9.17) is 5.73 Å². The predicted octanol–water partition coefficient (Wildman–Crippen LogP) is 2.43. The van der Waals surface area contributed by atoms with Crippen molar-refractivity contribution in [2.45, 2.75) is 20.8 Å². The van der Waals surface area contributed by atoms with Gasteiger partial charge in [0.15, 0.2) is 5.78 Å². The first kappa shape index (κ1) is 18.1. The molecule has 1 aromatic rings. The first-order valence-corrected chi connectivity index (χ1v) is 6.70. The van der Waals surface area contributed by atoms with Gasteiger partial charge in [-0.25, -0.2) is 0 Å². The van der Waals surface area contributed by atoms with E-state index < -0.39 is 0 Å². The maximum absolute atomic E-state index is 12.2. The Balaban J connectivity index is 0.00000324. The van der Waals surface area contributed by atoms with Crippen molar-refractivity contribution in [1.29, 1.82) is 0 Å². The van der Waals surface area contributed by atoms with Crippen molar-refractivity contribution in [2.24, 2.45) is 11.1 Å². The summed E-state index contributed by atoms with van der Waals surface area (Å²) in [5.41, 5.74) is 6.14. The summed E-state index contributed by atoms with van der Waals surface area (Å²) in [6, 6.07) is 1.65. The largest absolute Gasteiger partial charge is 0.340 e. The van der Waals surface area contributed by atoms with E-state index in [1.54, 1.807) is 23.4 Å². The van der Waals surface area contributed by atoms with Crippen LogP contribution in [0.2, 0.25) is 0 Å². The number of carbonyl (C=O) groups is 2. The second kappa shape index (κ2) is 7.03. The average molecular weight is 305 g/mol. The van der Waals surface area contributed by atoms with Crippen LogP contribution in [0.5, 0.6) is 0 Å². The Morgan fingerprint density at radius 3 is 2.42 bits per heavy atom. The topological polar surface area (TPSA) is 63.4 Å². The summed E-state index contributed by atoms with van der Waals surface area (Å²) in [5.74, 6) is -0.0794. The van der Waals surface area contributed by atoms with Gasteiger partial charge in [0.1, 0.15) is 0 Å². The van der Waals surface area contributed by atoms with Crippen LogP contribution in [-0.2, 0) is 0 Å². The summed E-state index contributed by atoms with van der Waals surface area (Å²) >= 11 is 1.30. The Bertz CT molecular complexity index is 457. The summed E-state index contributed by atoms with van der Waals surface area (Å²) in [7, 11) is 1.76. The predicted molar refractivity (Wildman–Crippen MR) is 81.4 cm³/mol. The van der Waals surface area contributed by atoms with Gasteiger partial charge >= 0.3 is 0 Å². The number of ketones is 1. The molecule has 4 nitrogen and oxygen atoms in total.